The van der Waals surface area contributed by atoms with E-state index in [-0.39, 0.29) is 12.2 Å². The van der Waals surface area contributed by atoms with Crippen molar-refractivity contribution in [2.45, 2.75) is 26.7 Å². The second-order valence-electron chi connectivity index (χ2n) is 4.48. The summed E-state index contributed by atoms with van der Waals surface area (Å²) in [6.07, 6.45) is 0.704. The second kappa shape index (κ2) is 6.18. The van der Waals surface area contributed by atoms with Crippen LogP contribution in [-0.2, 0) is 4.79 Å². The molecule has 0 saturated heterocycles. The van der Waals surface area contributed by atoms with Gasteiger partial charge in [-0.15, -0.1) is 0 Å². The molecule has 8 nitrogen and oxygen atoms in total. The van der Waals surface area contributed by atoms with E-state index < -0.39 is 28.5 Å². The molecule has 110 valence electrons. The zero-order valence-corrected chi connectivity index (χ0v) is 11.3. The number of aliphatic carboxylic acids is 1. The summed E-state index contributed by atoms with van der Waals surface area (Å²) in [5, 5.41) is 11.7. The van der Waals surface area contributed by atoms with Gasteiger partial charge >= 0.3 is 11.7 Å². The van der Waals surface area contributed by atoms with Gasteiger partial charge < -0.3 is 15.4 Å². The lowest BCUT2D eigenvalue weighted by Gasteiger charge is -2.26. The highest BCUT2D eigenvalue weighted by molar-refractivity contribution is 5.92. The monoisotopic (exact) mass is 283 g/mol. The molecule has 0 saturated carbocycles. The molecule has 8 heteroatoms. The van der Waals surface area contributed by atoms with E-state index in [4.69, 9.17) is 0 Å². The van der Waals surface area contributed by atoms with Gasteiger partial charge in [-0.2, -0.15) is 0 Å². The molecule has 0 radical (unpaired) electrons. The molecule has 0 aliphatic carbocycles. The van der Waals surface area contributed by atoms with Gasteiger partial charge in [-0.05, 0) is 12.8 Å². The highest BCUT2D eigenvalue weighted by Gasteiger charge is 2.35. The van der Waals surface area contributed by atoms with Crippen molar-refractivity contribution in [2.24, 2.45) is 5.41 Å². The zero-order valence-electron chi connectivity index (χ0n) is 11.3. The summed E-state index contributed by atoms with van der Waals surface area (Å²) >= 11 is 0. The summed E-state index contributed by atoms with van der Waals surface area (Å²) in [7, 11) is 0. The summed E-state index contributed by atoms with van der Waals surface area (Å²) in [6.45, 7) is 3.36. The van der Waals surface area contributed by atoms with E-state index in [1.165, 1.54) is 0 Å². The Labute approximate surface area is 114 Å². The molecule has 1 aromatic rings. The summed E-state index contributed by atoms with van der Waals surface area (Å²) in [4.78, 5) is 49.4. The summed E-state index contributed by atoms with van der Waals surface area (Å²) in [5.41, 5.74) is -2.75. The number of carboxylic acid groups (broad SMARTS) is 1. The Hall–Kier alpha value is -2.38. The number of carboxylic acids is 1. The van der Waals surface area contributed by atoms with Crippen LogP contribution in [-0.4, -0.2) is 33.5 Å². The molecule has 0 atom stereocenters. The van der Waals surface area contributed by atoms with E-state index in [2.05, 4.69) is 10.3 Å². The van der Waals surface area contributed by atoms with Gasteiger partial charge in [0.2, 0.25) is 0 Å². The average Bonchev–Trinajstić information content (AvgIpc) is 2.38. The Morgan fingerprint density at radius 2 is 1.85 bits per heavy atom. The normalized spacial score (nSPS) is 11.1. The lowest BCUT2D eigenvalue weighted by Crippen LogP contribution is -2.43. The zero-order chi connectivity index (χ0) is 15.3. The number of hydrogen-bond acceptors (Lipinski definition) is 4. The highest BCUT2D eigenvalue weighted by Crippen LogP contribution is 2.25. The van der Waals surface area contributed by atoms with Crippen LogP contribution < -0.4 is 16.6 Å². The number of aromatic amines is 2. The number of rotatable bonds is 6. The third-order valence-corrected chi connectivity index (χ3v) is 3.40. The first kappa shape index (κ1) is 15.7. The number of hydrogen-bond donors (Lipinski definition) is 4. The van der Waals surface area contributed by atoms with Crippen molar-refractivity contribution >= 4 is 11.9 Å². The van der Waals surface area contributed by atoms with Crippen molar-refractivity contribution in [3.8, 4) is 0 Å². The van der Waals surface area contributed by atoms with Crippen LogP contribution in [0.5, 0.6) is 0 Å². The molecule has 0 bridgehead atoms. The van der Waals surface area contributed by atoms with Crippen molar-refractivity contribution in [1.82, 2.24) is 15.3 Å². The fraction of sp³-hybridized carbons (Fsp3) is 0.500. The number of aromatic nitrogens is 2. The van der Waals surface area contributed by atoms with E-state index in [9.17, 15) is 24.3 Å². The predicted molar refractivity (Wildman–Crippen MR) is 70.7 cm³/mol. The number of carbonyl (C=O) groups is 2. The minimum absolute atomic E-state index is 0.0804. The Bertz CT molecular complexity index is 584. The Morgan fingerprint density at radius 1 is 1.25 bits per heavy atom. The van der Waals surface area contributed by atoms with Crippen molar-refractivity contribution < 1.29 is 14.7 Å². The molecule has 1 aromatic heterocycles. The van der Waals surface area contributed by atoms with Crippen LogP contribution in [0, 0.1) is 5.41 Å². The lowest BCUT2D eigenvalue weighted by molar-refractivity contribution is -0.149. The third kappa shape index (κ3) is 3.34. The molecule has 0 unspecified atom stereocenters. The summed E-state index contributed by atoms with van der Waals surface area (Å²) in [6, 6.07) is 0.942. The molecule has 0 fully saturated rings. The molecular formula is C12H17N3O5. The van der Waals surface area contributed by atoms with Crippen LogP contribution in [0.3, 0.4) is 0 Å². The molecule has 0 aliphatic heterocycles. The molecular weight excluding hydrogens is 266 g/mol. The van der Waals surface area contributed by atoms with Crippen molar-refractivity contribution in [2.75, 3.05) is 6.54 Å². The minimum atomic E-state index is -1.06. The smallest absolute Gasteiger partial charge is 0.326 e. The minimum Gasteiger partial charge on any atom is -0.481 e. The topological polar surface area (TPSA) is 132 Å². The van der Waals surface area contributed by atoms with Crippen LogP contribution in [0.15, 0.2) is 15.7 Å². The lowest BCUT2D eigenvalue weighted by atomic mass is 9.82. The highest BCUT2D eigenvalue weighted by atomic mass is 16.4. The van der Waals surface area contributed by atoms with E-state index in [1.54, 1.807) is 13.8 Å². The molecule has 4 N–H and O–H groups in total. The van der Waals surface area contributed by atoms with E-state index >= 15 is 0 Å². The van der Waals surface area contributed by atoms with E-state index in [0.717, 1.165) is 6.07 Å². The Kier molecular flexibility index (Phi) is 4.84. The van der Waals surface area contributed by atoms with Gasteiger partial charge in [0.1, 0.15) is 5.69 Å². The van der Waals surface area contributed by atoms with E-state index in [0.29, 0.717) is 12.8 Å². The van der Waals surface area contributed by atoms with Gasteiger partial charge in [-0.25, -0.2) is 4.79 Å². The maximum absolute atomic E-state index is 11.8. The molecule has 0 aliphatic rings. The largest absolute Gasteiger partial charge is 0.481 e. The quantitative estimate of drug-likeness (QED) is 0.568. The fourth-order valence-corrected chi connectivity index (χ4v) is 1.81. The van der Waals surface area contributed by atoms with Gasteiger partial charge in [-0.1, -0.05) is 13.8 Å². The standard InChI is InChI=1S/C12H17N3O5/c1-3-12(4-2,10(18)19)6-13-9(17)7-5-8(16)15-11(20)14-7/h5H,3-4,6H2,1-2H3,(H,13,17)(H,18,19)(H2,14,15,16,20). The molecule has 1 heterocycles. The number of amides is 1. The molecule has 0 spiro atoms. The van der Waals surface area contributed by atoms with Crippen LogP contribution in [0.1, 0.15) is 37.2 Å². The van der Waals surface area contributed by atoms with Gasteiger partial charge in [0.25, 0.3) is 11.5 Å². The van der Waals surface area contributed by atoms with E-state index in [1.807, 2.05) is 4.98 Å². The van der Waals surface area contributed by atoms with Crippen LogP contribution in [0.2, 0.25) is 0 Å². The van der Waals surface area contributed by atoms with Crippen LogP contribution in [0.4, 0.5) is 0 Å². The van der Waals surface area contributed by atoms with Crippen molar-refractivity contribution in [3.05, 3.63) is 32.6 Å². The van der Waals surface area contributed by atoms with Gasteiger partial charge in [0.15, 0.2) is 0 Å². The fourth-order valence-electron chi connectivity index (χ4n) is 1.81. The number of nitrogens with one attached hydrogen (secondary N) is 3. The first-order valence-electron chi connectivity index (χ1n) is 6.20. The number of H-pyrrole nitrogens is 2. The Morgan fingerprint density at radius 3 is 2.30 bits per heavy atom. The second-order valence-corrected chi connectivity index (χ2v) is 4.48. The Balaban J connectivity index is 2.88. The number of carbonyl (C=O) groups excluding carboxylic acids is 1. The van der Waals surface area contributed by atoms with Gasteiger partial charge in [-0.3, -0.25) is 19.4 Å². The predicted octanol–water partition coefficient (Wildman–Crippen LogP) is -0.316. The maximum Gasteiger partial charge on any atom is 0.326 e. The average molecular weight is 283 g/mol. The van der Waals surface area contributed by atoms with Crippen LogP contribution >= 0.6 is 0 Å². The molecule has 20 heavy (non-hydrogen) atoms. The molecule has 1 rings (SSSR count). The van der Waals surface area contributed by atoms with Crippen LogP contribution in [0.25, 0.3) is 0 Å². The van der Waals surface area contributed by atoms with Crippen molar-refractivity contribution in [1.29, 1.82) is 0 Å². The first-order valence-corrected chi connectivity index (χ1v) is 6.20. The van der Waals surface area contributed by atoms with Gasteiger partial charge in [0, 0.05) is 12.6 Å². The summed E-state index contributed by atoms with van der Waals surface area (Å²) in [5.74, 6) is -1.69. The molecule has 0 aromatic carbocycles. The summed E-state index contributed by atoms with van der Waals surface area (Å²) < 4.78 is 0. The van der Waals surface area contributed by atoms with Crippen molar-refractivity contribution in [3.63, 3.8) is 0 Å². The van der Waals surface area contributed by atoms with Gasteiger partial charge in [0.05, 0.1) is 5.41 Å². The molecule has 1 amide bonds. The maximum atomic E-state index is 11.8. The first-order chi connectivity index (χ1) is 9.34. The SMILES string of the molecule is CCC(CC)(CNC(=O)c1cc(=O)[nH]c(=O)[nH]1)C(=O)O. The third-order valence-electron chi connectivity index (χ3n) is 3.40.